The Kier molecular flexibility index (Phi) is 6.94. The Balaban J connectivity index is 1.42. The number of carbonyl (C=O) groups is 3. The van der Waals surface area contributed by atoms with E-state index in [9.17, 15) is 14.4 Å². The molecule has 1 aromatic carbocycles. The van der Waals surface area contributed by atoms with Crippen LogP contribution in [0.4, 0.5) is 0 Å². The molecular weight excluding hydrogens is 414 g/mol. The van der Waals surface area contributed by atoms with Crippen LogP contribution in [0.25, 0.3) is 0 Å². The molecule has 1 aromatic rings. The zero-order chi connectivity index (χ0) is 23.8. The minimum atomic E-state index is -0.553. The lowest BCUT2D eigenvalue weighted by Crippen LogP contribution is -2.52. The lowest BCUT2D eigenvalue weighted by Gasteiger charge is -2.36. The maximum Gasteiger partial charge on any atom is 0.255 e. The average Bonchev–Trinajstić information content (AvgIpc) is 3.04. The van der Waals surface area contributed by atoms with Crippen molar-refractivity contribution in [3.63, 3.8) is 0 Å². The highest BCUT2D eigenvalue weighted by atomic mass is 16.2. The predicted octanol–water partition coefficient (Wildman–Crippen LogP) is 3.96. The second kappa shape index (κ2) is 9.57. The topological polar surface area (TPSA) is 78.5 Å². The van der Waals surface area contributed by atoms with Gasteiger partial charge < -0.3 is 10.2 Å². The van der Waals surface area contributed by atoms with Gasteiger partial charge in [0.1, 0.15) is 6.04 Å². The van der Waals surface area contributed by atoms with Crippen LogP contribution in [0.5, 0.6) is 0 Å². The van der Waals surface area contributed by atoms with Gasteiger partial charge in [0, 0.05) is 30.6 Å². The first-order valence-electron chi connectivity index (χ1n) is 12.6. The van der Waals surface area contributed by atoms with Crippen LogP contribution in [-0.4, -0.2) is 40.7 Å². The third kappa shape index (κ3) is 5.65. The van der Waals surface area contributed by atoms with Gasteiger partial charge in [0.15, 0.2) is 0 Å². The van der Waals surface area contributed by atoms with Crippen molar-refractivity contribution in [1.82, 2.24) is 15.5 Å². The van der Waals surface area contributed by atoms with Crippen molar-refractivity contribution in [3.8, 4) is 0 Å². The van der Waals surface area contributed by atoms with E-state index >= 15 is 0 Å². The monoisotopic (exact) mass is 453 g/mol. The van der Waals surface area contributed by atoms with Crippen LogP contribution >= 0.6 is 0 Å². The van der Waals surface area contributed by atoms with E-state index < -0.39 is 6.04 Å². The average molecular weight is 454 g/mol. The molecule has 4 rings (SSSR count). The molecule has 3 amide bonds. The summed E-state index contributed by atoms with van der Waals surface area (Å²) in [4.78, 5) is 38.4. The smallest absolute Gasteiger partial charge is 0.255 e. The summed E-state index contributed by atoms with van der Waals surface area (Å²) in [6, 6.07) is 6.67. The summed E-state index contributed by atoms with van der Waals surface area (Å²) in [5.41, 5.74) is 3.29. The number of carbonyl (C=O) groups excluding carboxylic acids is 3. The van der Waals surface area contributed by atoms with Gasteiger partial charge in [-0.15, -0.1) is 0 Å². The third-order valence-electron chi connectivity index (χ3n) is 7.41. The Labute approximate surface area is 197 Å². The van der Waals surface area contributed by atoms with Crippen LogP contribution in [0, 0.1) is 11.3 Å². The number of hydrogen-bond donors (Lipinski definition) is 2. The standard InChI is InChI=1S/C27H39N3O3/c1-17(15-27(2,3)4)28-22-8-6-5-7-19(22)13-18-9-10-21-20(14-18)16-30(26(21)33)23-11-12-24(31)29-25(23)32/h9-10,14,17,19,22-23,28H,5-8,11-13,15-16H2,1-4H3,(H,29,31,32)/t17-,19-,22+,23?/m1/s1. The van der Waals surface area contributed by atoms with Gasteiger partial charge in [0.05, 0.1) is 0 Å². The molecule has 1 saturated heterocycles. The molecule has 1 saturated carbocycles. The number of imide groups is 1. The third-order valence-corrected chi connectivity index (χ3v) is 7.41. The zero-order valence-electron chi connectivity index (χ0n) is 20.6. The van der Waals surface area contributed by atoms with E-state index in [-0.39, 0.29) is 24.1 Å². The Bertz CT molecular complexity index is 920. The molecule has 4 atom stereocenters. The first-order valence-corrected chi connectivity index (χ1v) is 12.6. The van der Waals surface area contributed by atoms with Crippen LogP contribution in [-0.2, 0) is 22.6 Å². The summed E-state index contributed by atoms with van der Waals surface area (Å²) in [5.74, 6) is -0.106. The van der Waals surface area contributed by atoms with Gasteiger partial charge in [-0.3, -0.25) is 19.7 Å². The summed E-state index contributed by atoms with van der Waals surface area (Å²) >= 11 is 0. The highest BCUT2D eigenvalue weighted by Gasteiger charge is 2.39. The summed E-state index contributed by atoms with van der Waals surface area (Å²) < 4.78 is 0. The lowest BCUT2D eigenvalue weighted by atomic mass is 9.79. The number of fused-ring (bicyclic) bond motifs is 1. The Morgan fingerprint density at radius 2 is 1.88 bits per heavy atom. The molecule has 2 N–H and O–H groups in total. The number of piperidine rings is 1. The molecule has 3 aliphatic rings. The minimum Gasteiger partial charge on any atom is -0.322 e. The zero-order valence-corrected chi connectivity index (χ0v) is 20.6. The van der Waals surface area contributed by atoms with E-state index in [1.165, 1.54) is 31.2 Å². The molecule has 2 fully saturated rings. The van der Waals surface area contributed by atoms with Gasteiger partial charge in [-0.25, -0.2) is 0 Å². The highest BCUT2D eigenvalue weighted by Crippen LogP contribution is 2.32. The minimum absolute atomic E-state index is 0.0979. The quantitative estimate of drug-likeness (QED) is 0.639. The van der Waals surface area contributed by atoms with Crippen molar-refractivity contribution in [2.75, 3.05) is 0 Å². The van der Waals surface area contributed by atoms with Crippen LogP contribution in [0.1, 0.15) is 94.1 Å². The fourth-order valence-corrected chi connectivity index (χ4v) is 6.07. The molecule has 180 valence electrons. The second-order valence-corrected chi connectivity index (χ2v) is 11.6. The number of nitrogens with one attached hydrogen (secondary N) is 2. The maximum atomic E-state index is 13.0. The van der Waals surface area contributed by atoms with Gasteiger partial charge in [-0.1, -0.05) is 45.7 Å². The number of nitrogens with zero attached hydrogens (tertiary/aromatic N) is 1. The van der Waals surface area contributed by atoms with E-state index in [2.05, 4.69) is 50.5 Å². The second-order valence-electron chi connectivity index (χ2n) is 11.6. The lowest BCUT2D eigenvalue weighted by molar-refractivity contribution is -0.136. The van der Waals surface area contributed by atoms with Crippen molar-refractivity contribution >= 4 is 17.7 Å². The highest BCUT2D eigenvalue weighted by molar-refractivity contribution is 6.05. The predicted molar refractivity (Wildman–Crippen MR) is 129 cm³/mol. The van der Waals surface area contributed by atoms with E-state index in [1.54, 1.807) is 4.90 Å². The largest absolute Gasteiger partial charge is 0.322 e. The van der Waals surface area contributed by atoms with Crippen LogP contribution in [0.3, 0.4) is 0 Å². The van der Waals surface area contributed by atoms with Gasteiger partial charge in [-0.2, -0.15) is 0 Å². The van der Waals surface area contributed by atoms with Gasteiger partial charge >= 0.3 is 0 Å². The van der Waals surface area contributed by atoms with Gasteiger partial charge in [0.2, 0.25) is 11.8 Å². The van der Waals surface area contributed by atoms with Crippen molar-refractivity contribution in [2.24, 2.45) is 11.3 Å². The summed E-state index contributed by atoms with van der Waals surface area (Å²) in [5, 5.41) is 6.30. The molecule has 2 heterocycles. The number of rotatable bonds is 6. The van der Waals surface area contributed by atoms with Gasteiger partial charge in [-0.05, 0) is 67.6 Å². The molecule has 0 spiro atoms. The van der Waals surface area contributed by atoms with Crippen LogP contribution < -0.4 is 10.6 Å². The van der Waals surface area contributed by atoms with Crippen LogP contribution in [0.15, 0.2) is 18.2 Å². The molecule has 0 radical (unpaired) electrons. The first-order chi connectivity index (χ1) is 15.6. The molecule has 0 bridgehead atoms. The molecule has 1 unspecified atom stereocenters. The van der Waals surface area contributed by atoms with E-state index in [1.807, 2.05) is 6.07 Å². The fraction of sp³-hybridized carbons (Fsp3) is 0.667. The van der Waals surface area contributed by atoms with E-state index in [0.29, 0.717) is 41.9 Å². The number of benzene rings is 1. The molecule has 1 aliphatic carbocycles. The Hall–Kier alpha value is -2.21. The van der Waals surface area contributed by atoms with E-state index in [0.717, 1.165) is 18.4 Å². The normalized spacial score (nSPS) is 26.8. The molecule has 0 aromatic heterocycles. The fourth-order valence-electron chi connectivity index (χ4n) is 6.07. The van der Waals surface area contributed by atoms with Crippen LogP contribution in [0.2, 0.25) is 0 Å². The Morgan fingerprint density at radius 3 is 2.61 bits per heavy atom. The number of hydrogen-bond acceptors (Lipinski definition) is 4. The summed E-state index contributed by atoms with van der Waals surface area (Å²) in [6.45, 7) is 9.65. The molecule has 33 heavy (non-hydrogen) atoms. The summed E-state index contributed by atoms with van der Waals surface area (Å²) in [7, 11) is 0. The molecule has 6 heteroatoms. The molecule has 2 aliphatic heterocycles. The first kappa shape index (κ1) is 23.9. The molecule has 6 nitrogen and oxygen atoms in total. The SMILES string of the molecule is C[C@H](CC(C)(C)C)N[C@H]1CCCC[C@@H]1Cc1ccc2c(c1)CN(C1CCC(=O)NC1=O)C2=O. The van der Waals surface area contributed by atoms with Crippen molar-refractivity contribution < 1.29 is 14.4 Å². The van der Waals surface area contributed by atoms with E-state index in [4.69, 9.17) is 0 Å². The summed E-state index contributed by atoms with van der Waals surface area (Å²) in [6.07, 6.45) is 7.89. The van der Waals surface area contributed by atoms with Crippen molar-refractivity contribution in [3.05, 3.63) is 34.9 Å². The van der Waals surface area contributed by atoms with Gasteiger partial charge in [0.25, 0.3) is 5.91 Å². The van der Waals surface area contributed by atoms with Crippen molar-refractivity contribution in [2.45, 2.75) is 104 Å². The van der Waals surface area contributed by atoms with Crippen molar-refractivity contribution in [1.29, 1.82) is 0 Å². The number of amides is 3. The maximum absolute atomic E-state index is 13.0. The molecular formula is C27H39N3O3. The Morgan fingerprint density at radius 1 is 1.12 bits per heavy atom.